The minimum Gasteiger partial charge on any atom is -0.275 e. The quantitative estimate of drug-likeness (QED) is 0.792. The van der Waals surface area contributed by atoms with E-state index in [4.69, 9.17) is 5.26 Å². The van der Waals surface area contributed by atoms with Gasteiger partial charge in [-0.3, -0.25) is 4.57 Å². The minimum atomic E-state index is 0.337. The molecule has 0 spiro atoms. The summed E-state index contributed by atoms with van der Waals surface area (Å²) in [6, 6.07) is 5.74. The number of halogens is 1. The number of nitriles is 1. The van der Waals surface area contributed by atoms with Gasteiger partial charge in [-0.15, -0.1) is 0 Å². The van der Waals surface area contributed by atoms with E-state index in [2.05, 4.69) is 25.9 Å². The third-order valence-corrected chi connectivity index (χ3v) is 2.83. The molecule has 0 aliphatic heterocycles. The number of aromatic nitrogens is 3. The summed E-state index contributed by atoms with van der Waals surface area (Å²) >= 11 is 3.38. The molecule has 0 aromatic carbocycles. The zero-order valence-electron chi connectivity index (χ0n) is 7.98. The van der Waals surface area contributed by atoms with Crippen LogP contribution in [0.2, 0.25) is 0 Å². The maximum absolute atomic E-state index is 8.82. The molecule has 4 nitrogen and oxygen atoms in total. The summed E-state index contributed by atoms with van der Waals surface area (Å²) in [6.07, 6.45) is 3.30. The van der Waals surface area contributed by atoms with Gasteiger partial charge < -0.3 is 0 Å². The standard InChI is InChI=1S/C10H7BrN4/c1-7-8(11)2-3-9(14-7)15-5-4-13-10(15)6-12/h2-5H,1H3. The van der Waals surface area contributed by atoms with Crippen LogP contribution in [0.15, 0.2) is 29.0 Å². The van der Waals surface area contributed by atoms with E-state index >= 15 is 0 Å². The number of imidazole rings is 1. The first-order chi connectivity index (χ1) is 7.22. The second-order valence-electron chi connectivity index (χ2n) is 2.97. The van der Waals surface area contributed by atoms with Crippen molar-refractivity contribution in [1.29, 1.82) is 5.26 Å². The van der Waals surface area contributed by atoms with E-state index in [9.17, 15) is 0 Å². The molecule has 2 aromatic heterocycles. The van der Waals surface area contributed by atoms with Crippen molar-refractivity contribution in [2.75, 3.05) is 0 Å². The van der Waals surface area contributed by atoms with Crippen LogP contribution >= 0.6 is 15.9 Å². The number of pyridine rings is 1. The van der Waals surface area contributed by atoms with Gasteiger partial charge in [0.05, 0.1) is 5.69 Å². The highest BCUT2D eigenvalue weighted by molar-refractivity contribution is 9.10. The number of hydrogen-bond donors (Lipinski definition) is 0. The molecule has 0 radical (unpaired) electrons. The Morgan fingerprint density at radius 3 is 2.93 bits per heavy atom. The first kappa shape index (κ1) is 9.87. The average molecular weight is 263 g/mol. The molecule has 2 heterocycles. The van der Waals surface area contributed by atoms with Gasteiger partial charge in [-0.25, -0.2) is 9.97 Å². The molecule has 15 heavy (non-hydrogen) atoms. The van der Waals surface area contributed by atoms with Gasteiger partial charge in [0, 0.05) is 16.9 Å². The third kappa shape index (κ3) is 1.76. The van der Waals surface area contributed by atoms with Crippen molar-refractivity contribution in [3.05, 3.63) is 40.5 Å². The molecule has 2 rings (SSSR count). The number of nitrogens with zero attached hydrogens (tertiary/aromatic N) is 4. The van der Waals surface area contributed by atoms with Gasteiger partial charge in [0.25, 0.3) is 0 Å². The first-order valence-corrected chi connectivity index (χ1v) is 5.08. The van der Waals surface area contributed by atoms with Crippen LogP contribution in [-0.2, 0) is 0 Å². The highest BCUT2D eigenvalue weighted by Crippen LogP contribution is 2.16. The number of aryl methyl sites for hydroxylation is 1. The highest BCUT2D eigenvalue weighted by Gasteiger charge is 2.05. The lowest BCUT2D eigenvalue weighted by atomic mass is 10.3. The molecule has 0 N–H and O–H groups in total. The molecular weight excluding hydrogens is 256 g/mol. The van der Waals surface area contributed by atoms with Crippen molar-refractivity contribution in [1.82, 2.24) is 14.5 Å². The Morgan fingerprint density at radius 2 is 2.27 bits per heavy atom. The first-order valence-electron chi connectivity index (χ1n) is 4.29. The predicted molar refractivity (Wildman–Crippen MR) is 58.5 cm³/mol. The second kappa shape index (κ2) is 3.83. The largest absolute Gasteiger partial charge is 0.275 e. The van der Waals surface area contributed by atoms with Gasteiger partial charge in [0.15, 0.2) is 0 Å². The Balaban J connectivity index is 2.56. The van der Waals surface area contributed by atoms with Crippen LogP contribution in [-0.4, -0.2) is 14.5 Å². The Labute approximate surface area is 95.3 Å². The Bertz CT molecular complexity index is 539. The molecule has 0 bridgehead atoms. The van der Waals surface area contributed by atoms with Crippen LogP contribution < -0.4 is 0 Å². The molecule has 0 unspecified atom stereocenters. The van der Waals surface area contributed by atoms with Crippen molar-refractivity contribution >= 4 is 15.9 Å². The molecule has 0 aliphatic carbocycles. The summed E-state index contributed by atoms with van der Waals surface area (Å²) in [5.74, 6) is 1.04. The van der Waals surface area contributed by atoms with Crippen molar-refractivity contribution in [3.8, 4) is 11.9 Å². The fourth-order valence-corrected chi connectivity index (χ4v) is 1.46. The van der Waals surface area contributed by atoms with Crippen molar-refractivity contribution in [2.24, 2.45) is 0 Å². The van der Waals surface area contributed by atoms with Crippen LogP contribution in [0.25, 0.3) is 5.82 Å². The van der Waals surface area contributed by atoms with E-state index in [0.29, 0.717) is 11.6 Å². The van der Waals surface area contributed by atoms with Gasteiger partial charge in [-0.05, 0) is 35.0 Å². The van der Waals surface area contributed by atoms with E-state index in [1.807, 2.05) is 25.1 Å². The van der Waals surface area contributed by atoms with Crippen molar-refractivity contribution in [2.45, 2.75) is 6.92 Å². The summed E-state index contributed by atoms with van der Waals surface area (Å²) in [5, 5.41) is 8.82. The fraction of sp³-hybridized carbons (Fsp3) is 0.100. The summed E-state index contributed by atoms with van der Waals surface area (Å²) in [7, 11) is 0. The predicted octanol–water partition coefficient (Wildman–Crippen LogP) is 2.21. The molecule has 0 saturated heterocycles. The van der Waals surface area contributed by atoms with Gasteiger partial charge in [-0.2, -0.15) is 5.26 Å². The SMILES string of the molecule is Cc1nc(-n2ccnc2C#N)ccc1Br. The zero-order valence-corrected chi connectivity index (χ0v) is 9.56. The Kier molecular flexibility index (Phi) is 2.52. The molecule has 0 amide bonds. The Hall–Kier alpha value is -1.67. The topological polar surface area (TPSA) is 54.5 Å². The van der Waals surface area contributed by atoms with Crippen molar-refractivity contribution in [3.63, 3.8) is 0 Å². The van der Waals surface area contributed by atoms with Crippen LogP contribution in [0.4, 0.5) is 0 Å². The molecule has 0 aliphatic rings. The highest BCUT2D eigenvalue weighted by atomic mass is 79.9. The van der Waals surface area contributed by atoms with E-state index in [1.165, 1.54) is 0 Å². The zero-order chi connectivity index (χ0) is 10.8. The monoisotopic (exact) mass is 262 g/mol. The average Bonchev–Trinajstić information content (AvgIpc) is 2.70. The van der Waals surface area contributed by atoms with E-state index in [-0.39, 0.29) is 0 Å². The lowest BCUT2D eigenvalue weighted by Gasteiger charge is -2.04. The van der Waals surface area contributed by atoms with Crippen molar-refractivity contribution < 1.29 is 0 Å². The van der Waals surface area contributed by atoms with E-state index < -0.39 is 0 Å². The van der Waals surface area contributed by atoms with Crippen LogP contribution in [0.5, 0.6) is 0 Å². The van der Waals surface area contributed by atoms with Crippen LogP contribution in [0.1, 0.15) is 11.5 Å². The van der Waals surface area contributed by atoms with E-state index in [0.717, 1.165) is 10.2 Å². The van der Waals surface area contributed by atoms with Gasteiger partial charge in [-0.1, -0.05) is 0 Å². The second-order valence-corrected chi connectivity index (χ2v) is 3.82. The Morgan fingerprint density at radius 1 is 1.47 bits per heavy atom. The molecule has 5 heteroatoms. The summed E-state index contributed by atoms with van der Waals surface area (Å²) in [6.45, 7) is 1.90. The van der Waals surface area contributed by atoms with E-state index in [1.54, 1.807) is 17.0 Å². The summed E-state index contributed by atoms with van der Waals surface area (Å²) < 4.78 is 2.60. The molecule has 0 saturated carbocycles. The summed E-state index contributed by atoms with van der Waals surface area (Å²) in [5.41, 5.74) is 0.880. The van der Waals surface area contributed by atoms with Gasteiger partial charge >= 0.3 is 0 Å². The van der Waals surface area contributed by atoms with Crippen LogP contribution in [0, 0.1) is 18.3 Å². The lowest BCUT2D eigenvalue weighted by molar-refractivity contribution is 0.950. The smallest absolute Gasteiger partial charge is 0.218 e. The summed E-state index contributed by atoms with van der Waals surface area (Å²) in [4.78, 5) is 8.26. The van der Waals surface area contributed by atoms with Gasteiger partial charge in [0.1, 0.15) is 11.9 Å². The number of rotatable bonds is 1. The molecule has 0 fully saturated rings. The van der Waals surface area contributed by atoms with Crippen LogP contribution in [0.3, 0.4) is 0 Å². The third-order valence-electron chi connectivity index (χ3n) is 1.99. The maximum atomic E-state index is 8.82. The molecule has 2 aromatic rings. The number of hydrogen-bond acceptors (Lipinski definition) is 3. The minimum absolute atomic E-state index is 0.337. The molecular formula is C10H7BrN4. The fourth-order valence-electron chi connectivity index (χ4n) is 1.24. The normalized spacial score (nSPS) is 9.93. The maximum Gasteiger partial charge on any atom is 0.218 e. The molecule has 74 valence electrons. The molecule has 0 atom stereocenters. The lowest BCUT2D eigenvalue weighted by Crippen LogP contribution is -2.00. The van der Waals surface area contributed by atoms with Gasteiger partial charge in [0.2, 0.25) is 5.82 Å².